The Kier molecular flexibility index (Phi) is 3.36. The van der Waals surface area contributed by atoms with Gasteiger partial charge in [0, 0.05) is 31.5 Å². The van der Waals surface area contributed by atoms with E-state index in [0.717, 1.165) is 31.0 Å². The van der Waals surface area contributed by atoms with Gasteiger partial charge in [0.25, 0.3) is 0 Å². The number of phenols is 1. The van der Waals surface area contributed by atoms with Gasteiger partial charge in [0.1, 0.15) is 5.82 Å². The van der Waals surface area contributed by atoms with Gasteiger partial charge >= 0.3 is 0 Å². The van der Waals surface area contributed by atoms with Crippen LogP contribution in [0.1, 0.15) is 24.4 Å². The Balaban J connectivity index is 1.81. The van der Waals surface area contributed by atoms with Gasteiger partial charge in [-0.1, -0.05) is 6.07 Å². The van der Waals surface area contributed by atoms with Crippen LogP contribution in [0.15, 0.2) is 30.6 Å². The lowest BCUT2D eigenvalue weighted by Gasteiger charge is -2.33. The van der Waals surface area contributed by atoms with Crippen molar-refractivity contribution in [2.45, 2.75) is 26.1 Å². The maximum Gasteiger partial charge on any atom is 0.160 e. The van der Waals surface area contributed by atoms with Crippen molar-refractivity contribution in [1.29, 1.82) is 0 Å². The number of aromatic hydroxyl groups is 1. The Morgan fingerprint density at radius 1 is 1.35 bits per heavy atom. The molecule has 5 heteroatoms. The number of fused-ring (bicyclic) bond motifs is 1. The van der Waals surface area contributed by atoms with Crippen LogP contribution in [-0.2, 0) is 13.1 Å². The molecule has 0 fully saturated rings. The molecule has 1 N–H and O–H groups in total. The zero-order chi connectivity index (χ0) is 14.1. The third kappa shape index (κ3) is 2.25. The molecule has 5 nitrogen and oxygen atoms in total. The number of imidazole rings is 1. The van der Waals surface area contributed by atoms with Gasteiger partial charge in [-0.2, -0.15) is 0 Å². The van der Waals surface area contributed by atoms with Crippen LogP contribution in [0, 0.1) is 0 Å². The van der Waals surface area contributed by atoms with Crippen LogP contribution in [0.4, 0.5) is 0 Å². The summed E-state index contributed by atoms with van der Waals surface area (Å²) in [5.41, 5.74) is 1.14. The summed E-state index contributed by atoms with van der Waals surface area (Å²) in [5.74, 6) is 1.80. The van der Waals surface area contributed by atoms with E-state index in [0.29, 0.717) is 5.75 Å². The van der Waals surface area contributed by atoms with Crippen molar-refractivity contribution in [2.75, 3.05) is 13.7 Å². The number of rotatable bonds is 3. The molecule has 1 aliphatic rings. The highest BCUT2D eigenvalue weighted by Crippen LogP contribution is 2.32. The lowest BCUT2D eigenvalue weighted by molar-refractivity contribution is 0.163. The van der Waals surface area contributed by atoms with Crippen LogP contribution in [-0.4, -0.2) is 33.2 Å². The van der Waals surface area contributed by atoms with E-state index < -0.39 is 0 Å². The lowest BCUT2D eigenvalue weighted by Crippen LogP contribution is -2.35. The number of benzene rings is 1. The van der Waals surface area contributed by atoms with Gasteiger partial charge in [-0.3, -0.25) is 4.90 Å². The average Bonchev–Trinajstić information content (AvgIpc) is 2.94. The highest BCUT2D eigenvalue weighted by atomic mass is 16.5. The molecule has 1 atom stereocenters. The smallest absolute Gasteiger partial charge is 0.160 e. The van der Waals surface area contributed by atoms with Crippen LogP contribution in [0.2, 0.25) is 0 Å². The quantitative estimate of drug-likeness (QED) is 0.931. The van der Waals surface area contributed by atoms with E-state index >= 15 is 0 Å². The van der Waals surface area contributed by atoms with E-state index in [1.807, 2.05) is 24.5 Å². The van der Waals surface area contributed by atoms with Crippen LogP contribution < -0.4 is 4.74 Å². The van der Waals surface area contributed by atoms with Crippen LogP contribution >= 0.6 is 0 Å². The molecule has 1 aromatic heterocycles. The molecular weight excluding hydrogens is 254 g/mol. The Morgan fingerprint density at radius 3 is 3.00 bits per heavy atom. The fourth-order valence-corrected chi connectivity index (χ4v) is 2.69. The first-order valence-electron chi connectivity index (χ1n) is 6.80. The first kappa shape index (κ1) is 13.0. The van der Waals surface area contributed by atoms with Crippen LogP contribution in [0.25, 0.3) is 0 Å². The molecule has 2 aromatic rings. The molecule has 0 spiro atoms. The van der Waals surface area contributed by atoms with E-state index in [1.165, 1.54) is 0 Å². The van der Waals surface area contributed by atoms with Crippen molar-refractivity contribution >= 4 is 0 Å². The van der Waals surface area contributed by atoms with Crippen LogP contribution in [0.3, 0.4) is 0 Å². The summed E-state index contributed by atoms with van der Waals surface area (Å²) in [6, 6.07) is 5.80. The molecule has 1 aliphatic heterocycles. The molecule has 106 valence electrons. The van der Waals surface area contributed by atoms with E-state index in [-0.39, 0.29) is 11.8 Å². The summed E-state index contributed by atoms with van der Waals surface area (Å²) in [4.78, 5) is 6.77. The number of nitrogens with zero attached hydrogens (tertiary/aromatic N) is 3. The summed E-state index contributed by atoms with van der Waals surface area (Å²) in [7, 11) is 1.57. The van der Waals surface area contributed by atoms with E-state index in [4.69, 9.17) is 4.74 Å². The fraction of sp³-hybridized carbons (Fsp3) is 0.400. The van der Waals surface area contributed by atoms with Gasteiger partial charge in [0.2, 0.25) is 0 Å². The maximum absolute atomic E-state index is 9.68. The zero-order valence-electron chi connectivity index (χ0n) is 11.8. The maximum atomic E-state index is 9.68. The summed E-state index contributed by atoms with van der Waals surface area (Å²) in [6.07, 6.45) is 3.88. The number of ether oxygens (including phenoxy) is 1. The summed E-state index contributed by atoms with van der Waals surface area (Å²) in [5, 5.41) is 9.68. The topological polar surface area (TPSA) is 50.5 Å². The van der Waals surface area contributed by atoms with Gasteiger partial charge in [-0.05, 0) is 24.6 Å². The third-order valence-corrected chi connectivity index (χ3v) is 4.01. The predicted molar refractivity (Wildman–Crippen MR) is 75.7 cm³/mol. The second kappa shape index (κ2) is 5.17. The number of aromatic nitrogens is 2. The SMILES string of the molecule is COc1cc(C(C)N2CCn3ccnc3C2)ccc1O. The highest BCUT2D eigenvalue weighted by molar-refractivity contribution is 5.42. The largest absolute Gasteiger partial charge is 0.504 e. The standard InChI is InChI=1S/C15H19N3O2/c1-11(12-3-4-13(19)14(9-12)20-2)18-8-7-17-6-5-16-15(17)10-18/h3-6,9,11,19H,7-8,10H2,1-2H3. The molecule has 0 amide bonds. The van der Waals surface area contributed by atoms with Gasteiger partial charge in [-0.25, -0.2) is 4.98 Å². The lowest BCUT2D eigenvalue weighted by atomic mass is 10.1. The Labute approximate surface area is 118 Å². The number of hydrogen-bond acceptors (Lipinski definition) is 4. The van der Waals surface area contributed by atoms with E-state index in [9.17, 15) is 5.11 Å². The number of hydrogen-bond donors (Lipinski definition) is 1. The number of phenolic OH excluding ortho intramolecular Hbond substituents is 1. The molecule has 20 heavy (non-hydrogen) atoms. The van der Waals surface area contributed by atoms with Crippen LogP contribution in [0.5, 0.6) is 11.5 Å². The van der Waals surface area contributed by atoms with E-state index in [2.05, 4.69) is 21.4 Å². The Hall–Kier alpha value is -2.01. The molecule has 0 saturated heterocycles. The average molecular weight is 273 g/mol. The monoisotopic (exact) mass is 273 g/mol. The van der Waals surface area contributed by atoms with E-state index in [1.54, 1.807) is 13.2 Å². The van der Waals surface area contributed by atoms with Gasteiger partial charge in [0.15, 0.2) is 11.5 Å². The molecule has 1 unspecified atom stereocenters. The molecule has 0 aliphatic carbocycles. The minimum Gasteiger partial charge on any atom is -0.504 e. The minimum absolute atomic E-state index is 0.178. The summed E-state index contributed by atoms with van der Waals surface area (Å²) >= 11 is 0. The summed E-state index contributed by atoms with van der Waals surface area (Å²) < 4.78 is 7.38. The van der Waals surface area contributed by atoms with Gasteiger partial charge in [-0.15, -0.1) is 0 Å². The predicted octanol–water partition coefficient (Wildman–Crippen LogP) is 2.17. The zero-order valence-corrected chi connectivity index (χ0v) is 11.8. The molecule has 1 aromatic carbocycles. The van der Waals surface area contributed by atoms with Crippen molar-refractivity contribution in [1.82, 2.24) is 14.5 Å². The first-order chi connectivity index (χ1) is 9.69. The second-order valence-electron chi connectivity index (χ2n) is 5.11. The minimum atomic E-state index is 0.178. The third-order valence-electron chi connectivity index (χ3n) is 4.01. The van der Waals surface area contributed by atoms with Crippen molar-refractivity contribution in [3.63, 3.8) is 0 Å². The summed E-state index contributed by atoms with van der Waals surface area (Å²) in [6.45, 7) is 4.98. The van der Waals surface area contributed by atoms with Gasteiger partial charge in [0.05, 0.1) is 13.7 Å². The first-order valence-corrected chi connectivity index (χ1v) is 6.80. The second-order valence-corrected chi connectivity index (χ2v) is 5.11. The molecular formula is C15H19N3O2. The number of methoxy groups -OCH3 is 1. The fourth-order valence-electron chi connectivity index (χ4n) is 2.69. The Bertz CT molecular complexity index is 609. The van der Waals surface area contributed by atoms with Crippen molar-refractivity contribution in [3.05, 3.63) is 42.0 Å². The Morgan fingerprint density at radius 2 is 2.20 bits per heavy atom. The van der Waals surface area contributed by atoms with Crippen molar-refractivity contribution in [3.8, 4) is 11.5 Å². The van der Waals surface area contributed by atoms with Gasteiger partial charge < -0.3 is 14.4 Å². The van der Waals surface area contributed by atoms with Crippen molar-refractivity contribution < 1.29 is 9.84 Å². The molecule has 0 radical (unpaired) electrons. The molecule has 0 saturated carbocycles. The molecule has 3 rings (SSSR count). The normalized spacial score (nSPS) is 16.7. The molecule has 0 bridgehead atoms. The van der Waals surface area contributed by atoms with Crippen molar-refractivity contribution in [2.24, 2.45) is 0 Å². The molecule has 2 heterocycles. The highest BCUT2D eigenvalue weighted by Gasteiger charge is 2.22.